The van der Waals surface area contributed by atoms with Gasteiger partial charge in [0.1, 0.15) is 5.60 Å². The zero-order chi connectivity index (χ0) is 16.1. The van der Waals surface area contributed by atoms with Crippen molar-refractivity contribution >= 4 is 5.97 Å². The van der Waals surface area contributed by atoms with Gasteiger partial charge in [0.25, 0.3) is 0 Å². The maximum Gasteiger partial charge on any atom is 0.333 e. The summed E-state index contributed by atoms with van der Waals surface area (Å²) in [5.41, 5.74) is 1.11. The lowest BCUT2D eigenvalue weighted by Crippen LogP contribution is -2.33. The molecule has 20 heavy (non-hydrogen) atoms. The Labute approximate surface area is 123 Å². The first-order valence-corrected chi connectivity index (χ1v) is 6.77. The van der Waals surface area contributed by atoms with Gasteiger partial charge in [0.2, 0.25) is 0 Å². The fourth-order valence-corrected chi connectivity index (χ4v) is 1.54. The molecule has 0 unspecified atom stereocenters. The Morgan fingerprint density at radius 3 is 1.90 bits per heavy atom. The molecule has 0 aliphatic rings. The molecule has 0 aromatic rings. The molecule has 0 aromatic heterocycles. The summed E-state index contributed by atoms with van der Waals surface area (Å²) in [6.45, 7) is 23.1. The van der Waals surface area contributed by atoms with Crippen LogP contribution in [0.15, 0.2) is 36.5 Å². The van der Waals surface area contributed by atoms with E-state index in [9.17, 15) is 4.79 Å². The van der Waals surface area contributed by atoms with E-state index >= 15 is 0 Å². The number of hydrogen-bond acceptors (Lipinski definition) is 3. The Hall–Kier alpha value is -1.35. The predicted octanol–water partition coefficient (Wildman–Crippen LogP) is 4.20. The first-order valence-electron chi connectivity index (χ1n) is 6.77. The van der Waals surface area contributed by atoms with Crippen LogP contribution in [0.25, 0.3) is 0 Å². The normalized spacial score (nSPS) is 11.9. The van der Waals surface area contributed by atoms with Gasteiger partial charge in [0.15, 0.2) is 0 Å². The van der Waals surface area contributed by atoms with E-state index in [-0.39, 0.29) is 5.97 Å². The van der Waals surface area contributed by atoms with Crippen LogP contribution in [0.2, 0.25) is 0 Å². The summed E-state index contributed by atoms with van der Waals surface area (Å²) >= 11 is 0. The molecule has 114 valence electrons. The van der Waals surface area contributed by atoms with Gasteiger partial charge in [-0.15, -0.1) is 0 Å². The Kier molecular flexibility index (Phi) is 6.42. The lowest BCUT2D eigenvalue weighted by Gasteiger charge is -2.31. The van der Waals surface area contributed by atoms with Crippen LogP contribution in [-0.4, -0.2) is 23.8 Å². The summed E-state index contributed by atoms with van der Waals surface area (Å²) < 4.78 is 11.2. The molecule has 3 nitrogen and oxygen atoms in total. The van der Waals surface area contributed by atoms with Crippen molar-refractivity contribution in [2.75, 3.05) is 6.61 Å². The molecule has 0 fully saturated rings. The van der Waals surface area contributed by atoms with Crippen molar-refractivity contribution in [1.82, 2.24) is 0 Å². The van der Waals surface area contributed by atoms with Crippen LogP contribution >= 0.6 is 0 Å². The number of rotatable bonds is 8. The highest BCUT2D eigenvalue weighted by atomic mass is 16.6. The average Bonchev–Trinajstić information content (AvgIpc) is 2.26. The highest BCUT2D eigenvalue weighted by Gasteiger charge is 2.27. The molecule has 0 radical (unpaired) electrons. The molecule has 0 saturated carbocycles. The summed E-state index contributed by atoms with van der Waals surface area (Å²) in [6.07, 6.45) is 0.596. The molecule has 0 heterocycles. The molecule has 0 bridgehead atoms. The summed E-state index contributed by atoms with van der Waals surface area (Å²) in [5.74, 6) is -0.374. The van der Waals surface area contributed by atoms with Gasteiger partial charge in [-0.05, 0) is 47.1 Å². The lowest BCUT2D eigenvalue weighted by molar-refractivity contribution is -0.153. The van der Waals surface area contributed by atoms with Gasteiger partial charge in [-0.2, -0.15) is 0 Å². The van der Waals surface area contributed by atoms with E-state index in [1.54, 1.807) is 6.92 Å². The Morgan fingerprint density at radius 1 is 1.00 bits per heavy atom. The topological polar surface area (TPSA) is 35.5 Å². The standard InChI is InChI=1S/C17H28O3/c1-12(2)14(5)17(8,9)19-11-10-16(6,7)20-15(18)13(3)4/h1,3,5,10-11H2,2,4,6-9H3. The second-order valence-corrected chi connectivity index (χ2v) is 6.30. The number of hydrogen-bond donors (Lipinski definition) is 0. The number of carbonyl (C=O) groups excluding carboxylic acids is 1. The highest BCUT2D eigenvalue weighted by molar-refractivity contribution is 5.87. The molecule has 0 N–H and O–H groups in total. The fraction of sp³-hybridized carbons (Fsp3) is 0.588. The monoisotopic (exact) mass is 280 g/mol. The van der Waals surface area contributed by atoms with Gasteiger partial charge in [0.05, 0.1) is 12.2 Å². The van der Waals surface area contributed by atoms with Crippen molar-refractivity contribution in [1.29, 1.82) is 0 Å². The molecule has 0 atom stereocenters. The van der Waals surface area contributed by atoms with Crippen molar-refractivity contribution in [3.8, 4) is 0 Å². The second kappa shape index (κ2) is 6.89. The molecule has 3 heteroatoms. The van der Waals surface area contributed by atoms with E-state index in [1.165, 1.54) is 0 Å². The molecular formula is C17H28O3. The highest BCUT2D eigenvalue weighted by Crippen LogP contribution is 2.26. The third-order valence-electron chi connectivity index (χ3n) is 3.13. The van der Waals surface area contributed by atoms with Gasteiger partial charge >= 0.3 is 5.97 Å². The first-order chi connectivity index (χ1) is 8.89. The molecule has 0 aliphatic heterocycles. The number of esters is 1. The Bertz CT molecular complexity index is 414. The zero-order valence-corrected chi connectivity index (χ0v) is 13.8. The van der Waals surface area contributed by atoms with Crippen LogP contribution in [0, 0.1) is 0 Å². The van der Waals surface area contributed by atoms with Crippen LogP contribution in [0.4, 0.5) is 0 Å². The molecule has 0 spiro atoms. The van der Waals surface area contributed by atoms with Gasteiger partial charge in [-0.3, -0.25) is 0 Å². The van der Waals surface area contributed by atoms with Crippen LogP contribution < -0.4 is 0 Å². The Morgan fingerprint density at radius 2 is 1.50 bits per heavy atom. The van der Waals surface area contributed by atoms with Crippen molar-refractivity contribution in [2.45, 2.75) is 59.2 Å². The minimum Gasteiger partial charge on any atom is -0.456 e. The van der Waals surface area contributed by atoms with Crippen LogP contribution in [0.1, 0.15) is 48.0 Å². The molecule has 0 rings (SSSR count). The lowest BCUT2D eigenvalue weighted by atomic mass is 9.94. The average molecular weight is 280 g/mol. The van der Waals surface area contributed by atoms with Crippen molar-refractivity contribution < 1.29 is 14.3 Å². The van der Waals surface area contributed by atoms with Crippen LogP contribution in [0.3, 0.4) is 0 Å². The molecule has 0 aliphatic carbocycles. The van der Waals surface area contributed by atoms with Crippen molar-refractivity contribution in [2.24, 2.45) is 0 Å². The molecule has 0 aromatic carbocycles. The molecule has 0 amide bonds. The van der Waals surface area contributed by atoms with Gasteiger partial charge in [-0.25, -0.2) is 4.79 Å². The molecule has 0 saturated heterocycles. The van der Waals surface area contributed by atoms with Crippen molar-refractivity contribution in [3.05, 3.63) is 36.5 Å². The van der Waals surface area contributed by atoms with Gasteiger partial charge in [0, 0.05) is 12.0 Å². The minimum atomic E-state index is -0.587. The summed E-state index contributed by atoms with van der Waals surface area (Å²) in [7, 11) is 0. The van der Waals surface area contributed by atoms with E-state index in [1.807, 2.05) is 34.6 Å². The number of ether oxygens (including phenoxy) is 2. The second-order valence-electron chi connectivity index (χ2n) is 6.30. The van der Waals surface area contributed by atoms with E-state index in [0.717, 1.165) is 11.1 Å². The van der Waals surface area contributed by atoms with Crippen molar-refractivity contribution in [3.63, 3.8) is 0 Å². The zero-order valence-electron chi connectivity index (χ0n) is 13.8. The largest absolute Gasteiger partial charge is 0.456 e. The fourth-order valence-electron chi connectivity index (χ4n) is 1.54. The minimum absolute atomic E-state index is 0.374. The van der Waals surface area contributed by atoms with Gasteiger partial charge < -0.3 is 9.47 Å². The first kappa shape index (κ1) is 18.7. The predicted molar refractivity (Wildman–Crippen MR) is 83.6 cm³/mol. The SMILES string of the molecule is C=C(C)C(=C)C(C)(C)OCCC(C)(C)OC(=O)C(=C)C. The van der Waals surface area contributed by atoms with Crippen LogP contribution in [0.5, 0.6) is 0 Å². The van der Waals surface area contributed by atoms with E-state index in [4.69, 9.17) is 9.47 Å². The maximum atomic E-state index is 11.5. The summed E-state index contributed by atoms with van der Waals surface area (Å²) in [5, 5.41) is 0. The quantitative estimate of drug-likeness (QED) is 0.380. The summed E-state index contributed by atoms with van der Waals surface area (Å²) in [6, 6.07) is 0. The van der Waals surface area contributed by atoms with Gasteiger partial charge in [-0.1, -0.05) is 25.3 Å². The van der Waals surface area contributed by atoms with E-state index < -0.39 is 11.2 Å². The summed E-state index contributed by atoms with van der Waals surface area (Å²) in [4.78, 5) is 11.5. The van der Waals surface area contributed by atoms with E-state index in [2.05, 4.69) is 19.7 Å². The Balaban J connectivity index is 4.42. The number of carbonyl (C=O) groups is 1. The third kappa shape index (κ3) is 6.20. The smallest absolute Gasteiger partial charge is 0.333 e. The molecular weight excluding hydrogens is 252 g/mol. The third-order valence-corrected chi connectivity index (χ3v) is 3.13. The maximum absolute atomic E-state index is 11.5. The van der Waals surface area contributed by atoms with Crippen LogP contribution in [-0.2, 0) is 14.3 Å². The van der Waals surface area contributed by atoms with E-state index in [0.29, 0.717) is 18.6 Å².